The number of ether oxygens (including phenoxy) is 2. The number of esters is 2. The number of carbonyl (C=O) groups excluding carboxylic acids is 2. The third kappa shape index (κ3) is 4.65. The van der Waals surface area contributed by atoms with Gasteiger partial charge < -0.3 is 24.8 Å². The summed E-state index contributed by atoms with van der Waals surface area (Å²) in [5.74, 6) is 1.01. The van der Waals surface area contributed by atoms with Crippen molar-refractivity contribution in [2.24, 2.45) is 46.3 Å². The monoisotopic (exact) mass is 520 g/mol. The van der Waals surface area contributed by atoms with Gasteiger partial charge in [-0.15, -0.1) is 0 Å². The van der Waals surface area contributed by atoms with Crippen LogP contribution < -0.4 is 0 Å². The molecule has 0 aromatic rings. The second-order valence-electron chi connectivity index (χ2n) is 14.1. The summed E-state index contributed by atoms with van der Waals surface area (Å²) in [5.41, 5.74) is -0.989. The van der Waals surface area contributed by atoms with Crippen molar-refractivity contribution >= 4 is 11.9 Å². The lowest BCUT2D eigenvalue weighted by molar-refractivity contribution is -0.207. The molecule has 1 heterocycles. The molecule has 37 heavy (non-hydrogen) atoms. The summed E-state index contributed by atoms with van der Waals surface area (Å²) >= 11 is 0. The highest BCUT2D eigenvalue weighted by Gasteiger charge is 2.65. The highest BCUT2D eigenvalue weighted by Crippen LogP contribution is 2.68. The molecule has 0 bridgehead atoms. The van der Waals surface area contributed by atoms with E-state index in [1.54, 1.807) is 6.92 Å². The highest BCUT2D eigenvalue weighted by atomic mass is 16.6. The Balaban J connectivity index is 1.26. The summed E-state index contributed by atoms with van der Waals surface area (Å²) in [6.07, 6.45) is 6.60. The maximum absolute atomic E-state index is 12.7. The molecule has 12 atom stereocenters. The van der Waals surface area contributed by atoms with Crippen LogP contribution in [-0.2, 0) is 19.1 Å². The molecular weight excluding hydrogens is 472 g/mol. The second kappa shape index (κ2) is 9.78. The van der Waals surface area contributed by atoms with Crippen LogP contribution in [0.15, 0.2) is 0 Å². The Kier molecular flexibility index (Phi) is 7.24. The van der Waals surface area contributed by atoms with Crippen LogP contribution in [-0.4, -0.2) is 57.8 Å². The molecule has 7 nitrogen and oxygen atoms in total. The van der Waals surface area contributed by atoms with Gasteiger partial charge in [-0.1, -0.05) is 20.8 Å². The van der Waals surface area contributed by atoms with E-state index in [2.05, 4.69) is 20.8 Å². The zero-order chi connectivity index (χ0) is 26.8. The Morgan fingerprint density at radius 2 is 1.81 bits per heavy atom. The largest absolute Gasteiger partial charge is 0.465 e. The molecule has 0 amide bonds. The first kappa shape index (κ1) is 27.4. The van der Waals surface area contributed by atoms with Crippen LogP contribution in [0, 0.1) is 46.3 Å². The first-order valence-corrected chi connectivity index (χ1v) is 14.8. The van der Waals surface area contributed by atoms with Crippen LogP contribution in [0.3, 0.4) is 0 Å². The molecule has 0 radical (unpaired) electrons. The van der Waals surface area contributed by atoms with Crippen molar-refractivity contribution in [1.29, 1.82) is 0 Å². The zero-order valence-electron chi connectivity index (χ0n) is 23.2. The number of aliphatic hydroxyl groups is 3. The van der Waals surface area contributed by atoms with E-state index < -0.39 is 11.7 Å². The van der Waals surface area contributed by atoms with Gasteiger partial charge in [0.05, 0.1) is 31.3 Å². The fourth-order valence-corrected chi connectivity index (χ4v) is 9.92. The summed E-state index contributed by atoms with van der Waals surface area (Å²) in [5, 5.41) is 33.5. The molecular formula is C30H48O7. The molecule has 1 saturated heterocycles. The van der Waals surface area contributed by atoms with E-state index in [1.165, 1.54) is 0 Å². The number of cyclic esters (lactones) is 1. The third-order valence-corrected chi connectivity index (χ3v) is 12.1. The molecule has 5 rings (SSSR count). The molecule has 0 aromatic heterocycles. The lowest BCUT2D eigenvalue weighted by Crippen LogP contribution is -2.62. The van der Waals surface area contributed by atoms with E-state index in [4.69, 9.17) is 9.47 Å². The van der Waals surface area contributed by atoms with Crippen molar-refractivity contribution < 1.29 is 34.4 Å². The predicted molar refractivity (Wildman–Crippen MR) is 137 cm³/mol. The number of hydrogen-bond acceptors (Lipinski definition) is 7. The van der Waals surface area contributed by atoms with Gasteiger partial charge in [0.1, 0.15) is 5.60 Å². The van der Waals surface area contributed by atoms with Crippen molar-refractivity contribution in [2.75, 3.05) is 6.61 Å². The topological polar surface area (TPSA) is 113 Å². The smallest absolute Gasteiger partial charge is 0.309 e. The summed E-state index contributed by atoms with van der Waals surface area (Å²) in [7, 11) is 0. The van der Waals surface area contributed by atoms with Gasteiger partial charge in [-0.25, -0.2) is 0 Å². The van der Waals surface area contributed by atoms with Crippen molar-refractivity contribution in [3.05, 3.63) is 0 Å². The van der Waals surface area contributed by atoms with Crippen LogP contribution >= 0.6 is 0 Å². The van der Waals surface area contributed by atoms with E-state index in [1.807, 2.05) is 0 Å². The molecule has 0 spiro atoms. The normalized spacial score (nSPS) is 50.3. The minimum absolute atomic E-state index is 0.0700. The fraction of sp³-hybridized carbons (Fsp3) is 0.933. The van der Waals surface area contributed by atoms with Gasteiger partial charge in [0, 0.05) is 12.8 Å². The Morgan fingerprint density at radius 1 is 1.05 bits per heavy atom. The van der Waals surface area contributed by atoms with Crippen molar-refractivity contribution in [2.45, 2.75) is 122 Å². The molecule has 3 N–H and O–H groups in total. The Labute approximate surface area is 221 Å². The summed E-state index contributed by atoms with van der Waals surface area (Å²) in [6.45, 7) is 8.88. The molecule has 1 aliphatic heterocycles. The molecule has 210 valence electrons. The number of fused-ring (bicyclic) bond motifs is 5. The maximum atomic E-state index is 12.7. The molecule has 1 unspecified atom stereocenters. The standard InChI is InChI=1S/C30H48O7/c1-17(5-8-25(34)37-28(2)11-12-36-26(35)16-28)20-6-7-21-27-22(15-24(33)30(20,21)4)29(3)10-9-19(31)13-18(29)14-23(27)32/h17-24,27,31-33H,5-16H2,1-4H3/t17-,18+,19-,20-,21+,22+,23-,24+,27+,28?,29+,30-/m1/s1. The Bertz CT molecular complexity index is 891. The minimum Gasteiger partial charge on any atom is -0.465 e. The predicted octanol–water partition coefficient (Wildman–Crippen LogP) is 4.00. The van der Waals surface area contributed by atoms with E-state index in [0.29, 0.717) is 25.2 Å². The molecule has 0 aromatic carbocycles. The van der Waals surface area contributed by atoms with Gasteiger partial charge in [-0.2, -0.15) is 0 Å². The summed E-state index contributed by atoms with van der Waals surface area (Å²) in [4.78, 5) is 24.4. The minimum atomic E-state index is -0.783. The maximum Gasteiger partial charge on any atom is 0.309 e. The van der Waals surface area contributed by atoms with Gasteiger partial charge in [0.25, 0.3) is 0 Å². The van der Waals surface area contributed by atoms with Crippen LogP contribution in [0.5, 0.6) is 0 Å². The lowest BCUT2D eigenvalue weighted by atomic mass is 9.43. The molecule has 5 fully saturated rings. The second-order valence-corrected chi connectivity index (χ2v) is 14.1. The SMILES string of the molecule is C[C@H](CCC(=O)OC1(C)CCOC(=O)C1)[C@H]1CC[C@H]2[C@@H]3[C@H](O)C[C@@H]4C[C@H](O)CC[C@]4(C)[C@H]3C[C@H](O)[C@]12C. The van der Waals surface area contributed by atoms with Gasteiger partial charge >= 0.3 is 11.9 Å². The van der Waals surface area contributed by atoms with Gasteiger partial charge in [0.2, 0.25) is 0 Å². The average Bonchev–Trinajstić information content (AvgIpc) is 3.17. The first-order chi connectivity index (χ1) is 17.4. The number of carbonyl (C=O) groups is 2. The van der Waals surface area contributed by atoms with Gasteiger partial charge in [0.15, 0.2) is 0 Å². The molecule has 7 heteroatoms. The summed E-state index contributed by atoms with van der Waals surface area (Å²) < 4.78 is 10.7. The Morgan fingerprint density at radius 3 is 2.54 bits per heavy atom. The number of rotatable bonds is 5. The average molecular weight is 521 g/mol. The zero-order valence-corrected chi connectivity index (χ0v) is 23.2. The fourth-order valence-electron chi connectivity index (χ4n) is 9.92. The van der Waals surface area contributed by atoms with Crippen LogP contribution in [0.4, 0.5) is 0 Å². The third-order valence-electron chi connectivity index (χ3n) is 12.1. The molecule has 5 aliphatic rings. The van der Waals surface area contributed by atoms with Crippen LogP contribution in [0.25, 0.3) is 0 Å². The Hall–Kier alpha value is -1.18. The summed E-state index contributed by atoms with van der Waals surface area (Å²) in [6, 6.07) is 0. The van der Waals surface area contributed by atoms with Crippen molar-refractivity contribution in [1.82, 2.24) is 0 Å². The van der Waals surface area contributed by atoms with Gasteiger partial charge in [-0.3, -0.25) is 9.59 Å². The van der Waals surface area contributed by atoms with Gasteiger partial charge in [-0.05, 0) is 105 Å². The van der Waals surface area contributed by atoms with Crippen LogP contribution in [0.1, 0.15) is 98.3 Å². The van der Waals surface area contributed by atoms with E-state index in [9.17, 15) is 24.9 Å². The van der Waals surface area contributed by atoms with E-state index in [-0.39, 0.29) is 77.6 Å². The van der Waals surface area contributed by atoms with Crippen molar-refractivity contribution in [3.8, 4) is 0 Å². The van der Waals surface area contributed by atoms with E-state index >= 15 is 0 Å². The molecule has 4 aliphatic carbocycles. The van der Waals surface area contributed by atoms with Crippen molar-refractivity contribution in [3.63, 3.8) is 0 Å². The van der Waals surface area contributed by atoms with Crippen LogP contribution in [0.2, 0.25) is 0 Å². The number of aliphatic hydroxyl groups excluding tert-OH is 3. The van der Waals surface area contributed by atoms with E-state index in [0.717, 1.165) is 44.9 Å². The highest BCUT2D eigenvalue weighted by molar-refractivity contribution is 5.74. The quantitative estimate of drug-likeness (QED) is 0.470. The first-order valence-electron chi connectivity index (χ1n) is 14.8. The molecule has 4 saturated carbocycles. The number of hydrogen-bond donors (Lipinski definition) is 3. The lowest BCUT2D eigenvalue weighted by Gasteiger charge is -2.63.